The quantitative estimate of drug-likeness (QED) is 0.254. The largest absolute Gasteiger partial charge is 0.345 e. The molecule has 0 fully saturated rings. The number of fused-ring (bicyclic) bond motifs is 1. The second-order valence-electron chi connectivity index (χ2n) is 8.99. The minimum absolute atomic E-state index is 0.0690. The summed E-state index contributed by atoms with van der Waals surface area (Å²) in [5, 5.41) is 3.78. The van der Waals surface area contributed by atoms with Gasteiger partial charge < -0.3 is 27.4 Å². The first kappa shape index (κ1) is 27.9. The van der Waals surface area contributed by atoms with E-state index < -0.39 is 18.0 Å². The van der Waals surface area contributed by atoms with E-state index in [1.807, 2.05) is 66.7 Å². The molecule has 0 saturated heterocycles. The van der Waals surface area contributed by atoms with Gasteiger partial charge in [0.15, 0.2) is 5.78 Å². The summed E-state index contributed by atoms with van der Waals surface area (Å²) < 4.78 is 0. The molecule has 37 heavy (non-hydrogen) atoms. The number of nitrogens with two attached hydrogens (primary N) is 3. The summed E-state index contributed by atoms with van der Waals surface area (Å²) in [5.41, 5.74) is 19.7. The number of pyridine rings is 1. The molecule has 0 spiro atoms. The van der Waals surface area contributed by atoms with Crippen molar-refractivity contribution >= 4 is 28.5 Å². The second kappa shape index (κ2) is 14.2. The van der Waals surface area contributed by atoms with Gasteiger partial charge in [0.2, 0.25) is 11.8 Å². The first-order valence-electron chi connectivity index (χ1n) is 12.6. The van der Waals surface area contributed by atoms with Crippen LogP contribution < -0.4 is 22.5 Å². The van der Waals surface area contributed by atoms with Gasteiger partial charge >= 0.3 is 0 Å². The summed E-state index contributed by atoms with van der Waals surface area (Å²) in [7, 11) is 0. The standard InChI is InChI=1S/C28H36N6O3/c29-14-16-34(17-15-30)27(36)19-23(31)28(37)33-25(13-10-20-6-2-1-3-7-20)26(35)18-22-12-11-21-8-4-5-9-24(21)32-22/h1-9,11-12,23,25H,10,13-19,29-31H2,(H,33,37)/t23-,25-/m0/s1. The highest BCUT2D eigenvalue weighted by atomic mass is 16.2. The number of aromatic nitrogens is 1. The van der Waals surface area contributed by atoms with Crippen molar-refractivity contribution in [3.8, 4) is 0 Å². The van der Waals surface area contributed by atoms with Gasteiger partial charge in [-0.2, -0.15) is 0 Å². The smallest absolute Gasteiger partial charge is 0.238 e. The van der Waals surface area contributed by atoms with Crippen molar-refractivity contribution in [3.05, 3.63) is 78.0 Å². The molecular formula is C28H36N6O3. The molecule has 0 radical (unpaired) electrons. The van der Waals surface area contributed by atoms with Crippen molar-refractivity contribution in [1.82, 2.24) is 15.2 Å². The van der Waals surface area contributed by atoms with E-state index in [1.165, 1.54) is 4.90 Å². The highest BCUT2D eigenvalue weighted by Gasteiger charge is 2.26. The number of ketones is 1. The molecule has 9 nitrogen and oxygen atoms in total. The van der Waals surface area contributed by atoms with Crippen LogP contribution in [0.3, 0.4) is 0 Å². The van der Waals surface area contributed by atoms with Gasteiger partial charge in [-0.3, -0.25) is 19.4 Å². The van der Waals surface area contributed by atoms with Crippen LogP contribution in [0.2, 0.25) is 0 Å². The van der Waals surface area contributed by atoms with E-state index in [0.717, 1.165) is 16.5 Å². The van der Waals surface area contributed by atoms with Crippen LogP contribution in [0.1, 0.15) is 24.1 Å². The summed E-state index contributed by atoms with van der Waals surface area (Å²) in [4.78, 5) is 45.0. The Balaban J connectivity index is 1.69. The maximum Gasteiger partial charge on any atom is 0.238 e. The van der Waals surface area contributed by atoms with Crippen LogP contribution in [-0.2, 0) is 27.2 Å². The van der Waals surface area contributed by atoms with Gasteiger partial charge in [0.25, 0.3) is 0 Å². The third kappa shape index (κ3) is 8.45. The Morgan fingerprint density at radius 1 is 0.892 bits per heavy atom. The van der Waals surface area contributed by atoms with Crippen molar-refractivity contribution in [1.29, 1.82) is 0 Å². The Morgan fingerprint density at radius 2 is 1.57 bits per heavy atom. The van der Waals surface area contributed by atoms with E-state index in [-0.39, 0.29) is 37.6 Å². The molecule has 2 aromatic carbocycles. The van der Waals surface area contributed by atoms with E-state index in [2.05, 4.69) is 10.3 Å². The summed E-state index contributed by atoms with van der Waals surface area (Å²) in [6.07, 6.45) is 0.865. The second-order valence-corrected chi connectivity index (χ2v) is 8.99. The average Bonchev–Trinajstić information content (AvgIpc) is 2.91. The minimum atomic E-state index is -1.10. The van der Waals surface area contributed by atoms with Gasteiger partial charge in [-0.25, -0.2) is 0 Å². The van der Waals surface area contributed by atoms with E-state index in [4.69, 9.17) is 17.2 Å². The van der Waals surface area contributed by atoms with Gasteiger partial charge in [-0.15, -0.1) is 0 Å². The fourth-order valence-electron chi connectivity index (χ4n) is 4.14. The van der Waals surface area contributed by atoms with Crippen LogP contribution >= 0.6 is 0 Å². The fourth-order valence-corrected chi connectivity index (χ4v) is 4.14. The Hall–Kier alpha value is -3.66. The van der Waals surface area contributed by atoms with Gasteiger partial charge in [-0.05, 0) is 30.5 Å². The molecule has 7 N–H and O–H groups in total. The van der Waals surface area contributed by atoms with Gasteiger partial charge in [0.05, 0.1) is 30.4 Å². The predicted octanol–water partition coefficient (Wildman–Crippen LogP) is 0.927. The number of Topliss-reactive ketones (excluding diaryl/α,β-unsaturated/α-hetero) is 1. The van der Waals surface area contributed by atoms with E-state index >= 15 is 0 Å². The molecular weight excluding hydrogens is 468 g/mol. The number of nitrogens with zero attached hydrogens (tertiary/aromatic N) is 2. The zero-order chi connectivity index (χ0) is 26.6. The highest BCUT2D eigenvalue weighted by molar-refractivity contribution is 5.94. The summed E-state index contributed by atoms with van der Waals surface area (Å²) >= 11 is 0. The third-order valence-corrected chi connectivity index (χ3v) is 6.16. The number of aryl methyl sites for hydroxylation is 1. The Kier molecular flexibility index (Phi) is 10.7. The van der Waals surface area contributed by atoms with Crippen LogP contribution in [0.15, 0.2) is 66.7 Å². The monoisotopic (exact) mass is 504 g/mol. The van der Waals surface area contributed by atoms with Crippen molar-refractivity contribution in [2.24, 2.45) is 17.2 Å². The Labute approximate surface area is 217 Å². The summed E-state index contributed by atoms with van der Waals surface area (Å²) in [6.45, 7) is 1.24. The number of para-hydroxylation sites is 1. The van der Waals surface area contributed by atoms with Gasteiger partial charge in [0.1, 0.15) is 0 Å². The molecule has 3 rings (SSSR count). The molecule has 0 bridgehead atoms. The third-order valence-electron chi connectivity index (χ3n) is 6.16. The lowest BCUT2D eigenvalue weighted by atomic mass is 9.98. The number of nitrogens with one attached hydrogen (secondary N) is 1. The first-order valence-corrected chi connectivity index (χ1v) is 12.6. The van der Waals surface area contributed by atoms with Crippen LogP contribution in [0.25, 0.3) is 10.9 Å². The molecule has 0 unspecified atom stereocenters. The number of carbonyl (C=O) groups is 3. The van der Waals surface area contributed by atoms with Crippen molar-refractivity contribution < 1.29 is 14.4 Å². The molecule has 0 aliphatic heterocycles. The number of hydrogen-bond donors (Lipinski definition) is 4. The van der Waals surface area contributed by atoms with E-state index in [0.29, 0.717) is 31.6 Å². The molecule has 0 aliphatic carbocycles. The van der Waals surface area contributed by atoms with Crippen LogP contribution in [0.5, 0.6) is 0 Å². The average molecular weight is 505 g/mol. The van der Waals surface area contributed by atoms with Crippen molar-refractivity contribution in [2.45, 2.75) is 37.8 Å². The van der Waals surface area contributed by atoms with E-state index in [9.17, 15) is 14.4 Å². The molecule has 0 aliphatic rings. The molecule has 3 aromatic rings. The zero-order valence-electron chi connectivity index (χ0n) is 21.0. The number of benzene rings is 2. The molecule has 2 atom stereocenters. The molecule has 1 aromatic heterocycles. The molecule has 196 valence electrons. The lowest BCUT2D eigenvalue weighted by Crippen LogP contribution is -2.51. The number of carbonyl (C=O) groups excluding carboxylic acids is 3. The van der Waals surface area contributed by atoms with Crippen molar-refractivity contribution in [3.63, 3.8) is 0 Å². The first-order chi connectivity index (χ1) is 17.9. The van der Waals surface area contributed by atoms with E-state index in [1.54, 1.807) is 0 Å². The van der Waals surface area contributed by atoms with Crippen LogP contribution in [0.4, 0.5) is 0 Å². The molecule has 2 amide bonds. The fraction of sp³-hybridized carbons (Fsp3) is 0.357. The normalized spacial score (nSPS) is 12.6. The highest BCUT2D eigenvalue weighted by Crippen LogP contribution is 2.14. The maximum atomic E-state index is 13.3. The topological polar surface area (TPSA) is 157 Å². The van der Waals surface area contributed by atoms with Crippen LogP contribution in [-0.4, -0.2) is 65.7 Å². The predicted molar refractivity (Wildman–Crippen MR) is 144 cm³/mol. The zero-order valence-corrected chi connectivity index (χ0v) is 21.0. The molecule has 0 saturated carbocycles. The summed E-state index contributed by atoms with van der Waals surface area (Å²) in [6, 6.07) is 19.3. The van der Waals surface area contributed by atoms with Crippen LogP contribution in [0, 0.1) is 0 Å². The lowest BCUT2D eigenvalue weighted by Gasteiger charge is -2.24. The van der Waals surface area contributed by atoms with Gasteiger partial charge in [-0.1, -0.05) is 54.6 Å². The Morgan fingerprint density at radius 3 is 2.27 bits per heavy atom. The number of amides is 2. The lowest BCUT2D eigenvalue weighted by molar-refractivity contribution is -0.134. The molecule has 1 heterocycles. The SMILES string of the molecule is NCCN(CCN)C(=O)C[C@H](N)C(=O)N[C@@H](CCc1ccccc1)C(=O)Cc1ccc2ccccc2n1. The number of rotatable bonds is 14. The van der Waals surface area contributed by atoms with Crippen molar-refractivity contribution in [2.75, 3.05) is 26.2 Å². The van der Waals surface area contributed by atoms with Gasteiger partial charge in [0, 0.05) is 37.3 Å². The minimum Gasteiger partial charge on any atom is -0.345 e. The summed E-state index contributed by atoms with van der Waals surface area (Å²) in [5.74, 6) is -1.02. The number of hydrogen-bond acceptors (Lipinski definition) is 7. The maximum absolute atomic E-state index is 13.3. The molecule has 9 heteroatoms. The Bertz CT molecular complexity index is 1180.